The Balaban J connectivity index is 1.57. The van der Waals surface area contributed by atoms with Crippen molar-refractivity contribution < 1.29 is 0 Å². The summed E-state index contributed by atoms with van der Waals surface area (Å²) in [5.74, 6) is 1.52. The highest BCUT2D eigenvalue weighted by molar-refractivity contribution is 5.19. The summed E-state index contributed by atoms with van der Waals surface area (Å²) in [7, 11) is 0. The predicted molar refractivity (Wildman–Crippen MR) is 79.9 cm³/mol. The van der Waals surface area contributed by atoms with E-state index in [-0.39, 0.29) is 6.04 Å². The Hall–Kier alpha value is -0.860. The lowest BCUT2D eigenvalue weighted by atomic mass is 9.95. The van der Waals surface area contributed by atoms with Gasteiger partial charge in [-0.25, -0.2) is 0 Å². The van der Waals surface area contributed by atoms with Crippen molar-refractivity contribution in [1.29, 1.82) is 0 Å². The smallest absolute Gasteiger partial charge is 0.0333 e. The third kappa shape index (κ3) is 3.58. The van der Waals surface area contributed by atoms with E-state index in [4.69, 9.17) is 5.73 Å². The Bertz CT molecular complexity index is 395. The molecule has 2 heteroatoms. The van der Waals surface area contributed by atoms with Gasteiger partial charge >= 0.3 is 0 Å². The molecule has 1 aromatic carbocycles. The minimum Gasteiger partial charge on any atom is -0.324 e. The van der Waals surface area contributed by atoms with Crippen LogP contribution in [-0.4, -0.2) is 24.0 Å². The van der Waals surface area contributed by atoms with Crippen molar-refractivity contribution in [3.8, 4) is 0 Å². The molecule has 0 spiro atoms. The van der Waals surface area contributed by atoms with E-state index in [2.05, 4.69) is 42.2 Å². The van der Waals surface area contributed by atoms with E-state index >= 15 is 0 Å². The van der Waals surface area contributed by atoms with Crippen LogP contribution in [0, 0.1) is 11.8 Å². The molecular formula is C17H26N2. The van der Waals surface area contributed by atoms with Crippen LogP contribution >= 0.6 is 0 Å². The number of nitrogens with two attached hydrogens (primary N) is 1. The molecule has 0 saturated heterocycles. The summed E-state index contributed by atoms with van der Waals surface area (Å²) in [4.78, 5) is 2.71. The third-order valence-corrected chi connectivity index (χ3v) is 4.57. The molecule has 3 rings (SSSR count). The van der Waals surface area contributed by atoms with Gasteiger partial charge in [-0.3, -0.25) is 4.90 Å². The molecule has 2 aliphatic carbocycles. The Kier molecular flexibility index (Phi) is 3.90. The van der Waals surface area contributed by atoms with Crippen molar-refractivity contribution >= 4 is 0 Å². The highest BCUT2D eigenvalue weighted by atomic mass is 15.2. The van der Waals surface area contributed by atoms with Crippen LogP contribution in [0.5, 0.6) is 0 Å². The predicted octanol–water partition coefficient (Wildman–Crippen LogP) is 3.20. The minimum absolute atomic E-state index is 0.168. The standard InChI is InChI=1S/C17H26N2/c1-13(17(18)15-5-3-2-4-6-15)11-19(16-9-10-16)12-14-7-8-14/h2-6,13-14,16-17H,7-12,18H2,1H3. The largest absolute Gasteiger partial charge is 0.324 e. The minimum atomic E-state index is 0.168. The first-order valence-corrected chi connectivity index (χ1v) is 7.78. The molecule has 2 fully saturated rings. The van der Waals surface area contributed by atoms with Gasteiger partial charge in [-0.05, 0) is 43.1 Å². The Morgan fingerprint density at radius 2 is 1.84 bits per heavy atom. The van der Waals surface area contributed by atoms with Crippen LogP contribution in [0.3, 0.4) is 0 Å². The quantitative estimate of drug-likeness (QED) is 0.814. The van der Waals surface area contributed by atoms with Gasteiger partial charge in [0.25, 0.3) is 0 Å². The maximum absolute atomic E-state index is 6.43. The third-order valence-electron chi connectivity index (χ3n) is 4.57. The second kappa shape index (κ2) is 5.64. The van der Waals surface area contributed by atoms with Crippen molar-refractivity contribution in [3.63, 3.8) is 0 Å². The lowest BCUT2D eigenvalue weighted by Gasteiger charge is -2.29. The molecule has 0 aliphatic heterocycles. The van der Waals surface area contributed by atoms with Crippen LogP contribution in [-0.2, 0) is 0 Å². The van der Waals surface area contributed by atoms with Crippen LogP contribution in [0.2, 0.25) is 0 Å². The van der Waals surface area contributed by atoms with E-state index in [1.807, 2.05) is 0 Å². The molecule has 2 saturated carbocycles. The highest BCUT2D eigenvalue weighted by Crippen LogP contribution is 2.36. The van der Waals surface area contributed by atoms with E-state index in [1.165, 1.54) is 37.8 Å². The van der Waals surface area contributed by atoms with Gasteiger partial charge in [0.1, 0.15) is 0 Å². The highest BCUT2D eigenvalue weighted by Gasteiger charge is 2.34. The summed E-state index contributed by atoms with van der Waals surface area (Å²) in [6.45, 7) is 4.79. The van der Waals surface area contributed by atoms with Gasteiger partial charge < -0.3 is 5.73 Å². The first-order chi connectivity index (χ1) is 9.24. The first-order valence-electron chi connectivity index (χ1n) is 7.78. The fourth-order valence-electron chi connectivity index (χ4n) is 2.93. The maximum atomic E-state index is 6.43. The Morgan fingerprint density at radius 3 is 2.42 bits per heavy atom. The summed E-state index contributed by atoms with van der Waals surface area (Å²) in [5.41, 5.74) is 7.70. The summed E-state index contributed by atoms with van der Waals surface area (Å²) < 4.78 is 0. The van der Waals surface area contributed by atoms with Gasteiger partial charge in [0.2, 0.25) is 0 Å². The molecule has 2 atom stereocenters. The van der Waals surface area contributed by atoms with E-state index in [0.29, 0.717) is 5.92 Å². The summed E-state index contributed by atoms with van der Waals surface area (Å²) in [6.07, 6.45) is 5.70. The fourth-order valence-corrected chi connectivity index (χ4v) is 2.93. The molecule has 2 aliphatic rings. The molecule has 104 valence electrons. The van der Waals surface area contributed by atoms with E-state index in [9.17, 15) is 0 Å². The van der Waals surface area contributed by atoms with Gasteiger partial charge in [0.15, 0.2) is 0 Å². The summed E-state index contributed by atoms with van der Waals surface area (Å²) >= 11 is 0. The van der Waals surface area contributed by atoms with Crippen molar-refractivity contribution in [1.82, 2.24) is 4.90 Å². The van der Waals surface area contributed by atoms with Crippen LogP contribution in [0.25, 0.3) is 0 Å². The Morgan fingerprint density at radius 1 is 1.16 bits per heavy atom. The second-order valence-electron chi connectivity index (χ2n) is 6.54. The zero-order chi connectivity index (χ0) is 13.2. The molecule has 2 unspecified atom stereocenters. The molecule has 0 amide bonds. The van der Waals surface area contributed by atoms with Crippen LogP contribution in [0.1, 0.15) is 44.2 Å². The lowest BCUT2D eigenvalue weighted by molar-refractivity contribution is 0.205. The zero-order valence-corrected chi connectivity index (χ0v) is 12.0. The molecule has 0 radical (unpaired) electrons. The summed E-state index contributed by atoms with van der Waals surface area (Å²) in [6, 6.07) is 11.6. The lowest BCUT2D eigenvalue weighted by Crippen LogP contribution is -2.36. The van der Waals surface area contributed by atoms with Crippen LogP contribution in [0.15, 0.2) is 30.3 Å². The SMILES string of the molecule is CC(CN(CC1CC1)C1CC1)C(N)c1ccccc1. The number of benzene rings is 1. The van der Waals surface area contributed by atoms with Gasteiger partial charge in [0.05, 0.1) is 0 Å². The average molecular weight is 258 g/mol. The number of hydrogen-bond acceptors (Lipinski definition) is 2. The monoisotopic (exact) mass is 258 g/mol. The molecule has 0 heterocycles. The zero-order valence-electron chi connectivity index (χ0n) is 12.0. The first kappa shape index (κ1) is 13.1. The average Bonchev–Trinajstić information content (AvgIpc) is 3.29. The number of hydrogen-bond donors (Lipinski definition) is 1. The topological polar surface area (TPSA) is 29.3 Å². The number of nitrogens with zero attached hydrogens (tertiary/aromatic N) is 1. The van der Waals surface area contributed by atoms with E-state index < -0.39 is 0 Å². The summed E-state index contributed by atoms with van der Waals surface area (Å²) in [5, 5.41) is 0. The molecule has 0 aromatic heterocycles. The maximum Gasteiger partial charge on any atom is 0.0333 e. The molecule has 1 aromatic rings. The van der Waals surface area contributed by atoms with Gasteiger partial charge in [-0.15, -0.1) is 0 Å². The molecule has 0 bridgehead atoms. The second-order valence-corrected chi connectivity index (χ2v) is 6.54. The number of rotatable bonds is 7. The molecular weight excluding hydrogens is 232 g/mol. The van der Waals surface area contributed by atoms with Crippen LogP contribution < -0.4 is 5.73 Å². The van der Waals surface area contributed by atoms with Crippen molar-refractivity contribution in [2.24, 2.45) is 17.6 Å². The fraction of sp³-hybridized carbons (Fsp3) is 0.647. The van der Waals surface area contributed by atoms with Crippen LogP contribution in [0.4, 0.5) is 0 Å². The normalized spacial score (nSPS) is 22.5. The molecule has 2 nitrogen and oxygen atoms in total. The van der Waals surface area contributed by atoms with Crippen molar-refractivity contribution in [2.75, 3.05) is 13.1 Å². The Labute approximate surface area is 117 Å². The van der Waals surface area contributed by atoms with Gasteiger partial charge in [-0.2, -0.15) is 0 Å². The molecule has 2 N–H and O–H groups in total. The van der Waals surface area contributed by atoms with Gasteiger partial charge in [0, 0.05) is 25.2 Å². The van der Waals surface area contributed by atoms with Crippen molar-refractivity contribution in [2.45, 2.75) is 44.7 Å². The van der Waals surface area contributed by atoms with Crippen molar-refractivity contribution in [3.05, 3.63) is 35.9 Å². The van der Waals surface area contributed by atoms with Gasteiger partial charge in [-0.1, -0.05) is 37.3 Å². The van der Waals surface area contributed by atoms with E-state index in [1.54, 1.807) is 0 Å². The van der Waals surface area contributed by atoms with E-state index in [0.717, 1.165) is 18.5 Å². The molecule has 19 heavy (non-hydrogen) atoms.